The van der Waals surface area contributed by atoms with Crippen molar-refractivity contribution in [2.75, 3.05) is 25.2 Å². The summed E-state index contributed by atoms with van der Waals surface area (Å²) in [5, 5.41) is 0. The molecule has 1 aromatic rings. The standard InChI is InChI=1S/C11H17FN2/c1-14(7-3-6-12)11-5-2-4-10(8-11)9-13/h2,4-5,8H,3,6-7,9,13H2,1H3. The van der Waals surface area contributed by atoms with Gasteiger partial charge in [-0.3, -0.25) is 4.39 Å². The smallest absolute Gasteiger partial charge is 0.0911 e. The van der Waals surface area contributed by atoms with Crippen LogP contribution in [0.2, 0.25) is 0 Å². The van der Waals surface area contributed by atoms with Crippen LogP contribution in [0.15, 0.2) is 24.3 Å². The van der Waals surface area contributed by atoms with Gasteiger partial charge in [-0.15, -0.1) is 0 Å². The molecule has 1 rings (SSSR count). The highest BCUT2D eigenvalue weighted by atomic mass is 19.1. The molecule has 0 heterocycles. The number of hydrogen-bond donors (Lipinski definition) is 1. The van der Waals surface area contributed by atoms with E-state index in [0.717, 1.165) is 17.8 Å². The fraction of sp³-hybridized carbons (Fsp3) is 0.455. The molecule has 0 radical (unpaired) electrons. The summed E-state index contributed by atoms with van der Waals surface area (Å²) in [7, 11) is 1.96. The molecule has 0 atom stereocenters. The van der Waals surface area contributed by atoms with E-state index in [4.69, 9.17) is 5.73 Å². The molecular weight excluding hydrogens is 179 g/mol. The van der Waals surface area contributed by atoms with Crippen molar-refractivity contribution < 1.29 is 4.39 Å². The average Bonchev–Trinajstić information content (AvgIpc) is 2.26. The molecule has 0 aliphatic carbocycles. The van der Waals surface area contributed by atoms with Crippen LogP contribution >= 0.6 is 0 Å². The molecule has 1 aromatic carbocycles. The number of anilines is 1. The van der Waals surface area contributed by atoms with Crippen LogP contribution in [0, 0.1) is 0 Å². The van der Waals surface area contributed by atoms with Crippen LogP contribution in [0.5, 0.6) is 0 Å². The molecule has 0 bridgehead atoms. The maximum Gasteiger partial charge on any atom is 0.0911 e. The van der Waals surface area contributed by atoms with Gasteiger partial charge in [0.15, 0.2) is 0 Å². The molecule has 2 nitrogen and oxygen atoms in total. The van der Waals surface area contributed by atoms with Gasteiger partial charge in [-0.05, 0) is 24.1 Å². The Morgan fingerprint density at radius 1 is 1.43 bits per heavy atom. The molecule has 0 saturated carbocycles. The first-order valence-corrected chi connectivity index (χ1v) is 4.84. The minimum Gasteiger partial charge on any atom is -0.374 e. The van der Waals surface area contributed by atoms with Gasteiger partial charge in [0.1, 0.15) is 0 Å². The zero-order valence-electron chi connectivity index (χ0n) is 8.54. The highest BCUT2D eigenvalue weighted by molar-refractivity contribution is 5.47. The normalized spacial score (nSPS) is 10.2. The van der Waals surface area contributed by atoms with E-state index in [1.165, 1.54) is 0 Å². The highest BCUT2D eigenvalue weighted by Crippen LogP contribution is 2.14. The zero-order valence-corrected chi connectivity index (χ0v) is 8.54. The third-order valence-electron chi connectivity index (χ3n) is 2.21. The van der Waals surface area contributed by atoms with Crippen LogP contribution < -0.4 is 10.6 Å². The molecular formula is C11H17FN2. The molecule has 0 aromatic heterocycles. The molecule has 14 heavy (non-hydrogen) atoms. The van der Waals surface area contributed by atoms with Gasteiger partial charge in [-0.2, -0.15) is 0 Å². The first-order chi connectivity index (χ1) is 6.77. The lowest BCUT2D eigenvalue weighted by atomic mass is 10.2. The van der Waals surface area contributed by atoms with E-state index in [-0.39, 0.29) is 6.67 Å². The minimum atomic E-state index is -0.263. The number of rotatable bonds is 5. The third-order valence-corrected chi connectivity index (χ3v) is 2.21. The maximum atomic E-state index is 12.0. The second kappa shape index (κ2) is 5.60. The van der Waals surface area contributed by atoms with Crippen LogP contribution in [0.3, 0.4) is 0 Å². The van der Waals surface area contributed by atoms with Gasteiger partial charge in [-0.25, -0.2) is 0 Å². The highest BCUT2D eigenvalue weighted by Gasteiger charge is 2.00. The summed E-state index contributed by atoms with van der Waals surface area (Å²) in [5.41, 5.74) is 7.75. The van der Waals surface area contributed by atoms with E-state index in [9.17, 15) is 4.39 Å². The second-order valence-corrected chi connectivity index (χ2v) is 3.34. The van der Waals surface area contributed by atoms with Gasteiger partial charge < -0.3 is 10.6 Å². The number of halogens is 1. The van der Waals surface area contributed by atoms with Crippen LogP contribution in [-0.2, 0) is 6.54 Å². The number of nitrogens with zero attached hydrogens (tertiary/aromatic N) is 1. The summed E-state index contributed by atoms with van der Waals surface area (Å²) in [4.78, 5) is 2.04. The molecule has 0 aliphatic heterocycles. The lowest BCUT2D eigenvalue weighted by Gasteiger charge is -2.19. The predicted molar refractivity (Wildman–Crippen MR) is 58.2 cm³/mol. The summed E-state index contributed by atoms with van der Waals surface area (Å²) < 4.78 is 12.0. The van der Waals surface area contributed by atoms with Crippen molar-refractivity contribution >= 4 is 5.69 Å². The Morgan fingerprint density at radius 3 is 2.86 bits per heavy atom. The summed E-state index contributed by atoms with van der Waals surface area (Å²) in [6.07, 6.45) is 0.573. The largest absolute Gasteiger partial charge is 0.374 e. The van der Waals surface area contributed by atoms with Gasteiger partial charge in [0.05, 0.1) is 6.67 Å². The number of benzene rings is 1. The maximum absolute atomic E-state index is 12.0. The van der Waals surface area contributed by atoms with Crippen LogP contribution in [0.25, 0.3) is 0 Å². The molecule has 0 amide bonds. The molecule has 0 fully saturated rings. The van der Waals surface area contributed by atoms with E-state index in [1.807, 2.05) is 36.2 Å². The number of hydrogen-bond acceptors (Lipinski definition) is 2. The molecule has 0 spiro atoms. The summed E-state index contributed by atoms with van der Waals surface area (Å²) >= 11 is 0. The van der Waals surface area contributed by atoms with Gasteiger partial charge in [0.25, 0.3) is 0 Å². The lowest BCUT2D eigenvalue weighted by molar-refractivity contribution is 0.474. The van der Waals surface area contributed by atoms with E-state index < -0.39 is 0 Å². The zero-order chi connectivity index (χ0) is 10.4. The Labute approximate surface area is 84.5 Å². The Balaban J connectivity index is 2.64. The fourth-order valence-electron chi connectivity index (χ4n) is 1.35. The number of nitrogens with two attached hydrogens (primary N) is 1. The van der Waals surface area contributed by atoms with E-state index in [2.05, 4.69) is 0 Å². The molecule has 3 heteroatoms. The van der Waals surface area contributed by atoms with Crippen molar-refractivity contribution in [2.45, 2.75) is 13.0 Å². The average molecular weight is 196 g/mol. The summed E-state index contributed by atoms with van der Waals surface area (Å²) in [6.45, 7) is 1.02. The summed E-state index contributed by atoms with van der Waals surface area (Å²) in [6, 6.07) is 8.02. The van der Waals surface area contributed by atoms with Gasteiger partial charge in [0, 0.05) is 25.8 Å². The Bertz CT molecular complexity index is 276. The van der Waals surface area contributed by atoms with Crippen molar-refractivity contribution in [3.8, 4) is 0 Å². The van der Waals surface area contributed by atoms with Crippen molar-refractivity contribution in [3.63, 3.8) is 0 Å². The van der Waals surface area contributed by atoms with Crippen molar-refractivity contribution in [1.29, 1.82) is 0 Å². The topological polar surface area (TPSA) is 29.3 Å². The SMILES string of the molecule is CN(CCCF)c1cccc(CN)c1. The Kier molecular flexibility index (Phi) is 4.40. The first kappa shape index (κ1) is 11.0. The van der Waals surface area contributed by atoms with Crippen molar-refractivity contribution in [3.05, 3.63) is 29.8 Å². The number of alkyl halides is 1. The molecule has 0 saturated heterocycles. The van der Waals surface area contributed by atoms with Crippen LogP contribution in [0.1, 0.15) is 12.0 Å². The first-order valence-electron chi connectivity index (χ1n) is 4.84. The van der Waals surface area contributed by atoms with Gasteiger partial charge in [0.2, 0.25) is 0 Å². The lowest BCUT2D eigenvalue weighted by Crippen LogP contribution is -2.19. The van der Waals surface area contributed by atoms with Crippen LogP contribution in [0.4, 0.5) is 10.1 Å². The second-order valence-electron chi connectivity index (χ2n) is 3.34. The van der Waals surface area contributed by atoms with E-state index >= 15 is 0 Å². The summed E-state index contributed by atoms with van der Waals surface area (Å²) in [5.74, 6) is 0. The Hall–Kier alpha value is -1.09. The predicted octanol–water partition coefficient (Wildman–Crippen LogP) is 1.94. The molecule has 2 N–H and O–H groups in total. The quantitative estimate of drug-likeness (QED) is 0.779. The van der Waals surface area contributed by atoms with E-state index in [1.54, 1.807) is 0 Å². The molecule has 0 aliphatic rings. The van der Waals surface area contributed by atoms with E-state index in [0.29, 0.717) is 13.0 Å². The van der Waals surface area contributed by atoms with Crippen LogP contribution in [-0.4, -0.2) is 20.3 Å². The van der Waals surface area contributed by atoms with Gasteiger partial charge >= 0.3 is 0 Å². The van der Waals surface area contributed by atoms with Crippen molar-refractivity contribution in [2.24, 2.45) is 5.73 Å². The van der Waals surface area contributed by atoms with Gasteiger partial charge in [-0.1, -0.05) is 12.1 Å². The monoisotopic (exact) mass is 196 g/mol. The fourth-order valence-corrected chi connectivity index (χ4v) is 1.35. The Morgan fingerprint density at radius 2 is 2.21 bits per heavy atom. The third kappa shape index (κ3) is 3.00. The van der Waals surface area contributed by atoms with Crippen molar-refractivity contribution in [1.82, 2.24) is 0 Å². The molecule has 78 valence electrons. The minimum absolute atomic E-state index is 0.263. The molecule has 0 unspecified atom stereocenters.